The number of rotatable bonds is 3. The number of aryl methyl sites for hydroxylation is 2. The van der Waals surface area contributed by atoms with Gasteiger partial charge in [0.1, 0.15) is 5.75 Å². The summed E-state index contributed by atoms with van der Waals surface area (Å²) in [6.07, 6.45) is 0. The molecule has 2 N–H and O–H groups in total. The van der Waals surface area contributed by atoms with E-state index in [4.69, 9.17) is 10.5 Å². The molecule has 3 nitrogen and oxygen atoms in total. The fourth-order valence-electron chi connectivity index (χ4n) is 1.98. The molecule has 0 aliphatic carbocycles. The predicted molar refractivity (Wildman–Crippen MR) is 76.8 cm³/mol. The maximum Gasteiger partial charge on any atom is 0.198 e. The highest BCUT2D eigenvalue weighted by Gasteiger charge is 2.17. The number of carbonyl (C=O) groups is 1. The monoisotopic (exact) mass is 255 g/mol. The van der Waals surface area contributed by atoms with Crippen molar-refractivity contribution in [3.63, 3.8) is 0 Å². The molecule has 19 heavy (non-hydrogen) atoms. The average Bonchev–Trinajstić information content (AvgIpc) is 2.41. The van der Waals surface area contributed by atoms with Crippen LogP contribution >= 0.6 is 0 Å². The number of methoxy groups -OCH3 is 1. The zero-order valence-corrected chi connectivity index (χ0v) is 11.4. The Kier molecular flexibility index (Phi) is 3.56. The second kappa shape index (κ2) is 5.14. The summed E-state index contributed by atoms with van der Waals surface area (Å²) >= 11 is 0. The van der Waals surface area contributed by atoms with Crippen molar-refractivity contribution < 1.29 is 9.53 Å². The fourth-order valence-corrected chi connectivity index (χ4v) is 1.98. The molecule has 3 heteroatoms. The van der Waals surface area contributed by atoms with Crippen LogP contribution in [0, 0.1) is 13.8 Å². The molecule has 0 amide bonds. The first kappa shape index (κ1) is 13.1. The number of benzene rings is 2. The zero-order valence-electron chi connectivity index (χ0n) is 11.4. The molecule has 0 radical (unpaired) electrons. The predicted octanol–water partition coefficient (Wildman–Crippen LogP) is 3.13. The number of nitrogen functional groups attached to an aromatic ring is 1. The highest BCUT2D eigenvalue weighted by molar-refractivity contribution is 6.13. The van der Waals surface area contributed by atoms with Gasteiger partial charge in [-0.1, -0.05) is 12.1 Å². The number of anilines is 1. The van der Waals surface area contributed by atoms with E-state index >= 15 is 0 Å². The summed E-state index contributed by atoms with van der Waals surface area (Å²) in [4.78, 5) is 12.6. The van der Waals surface area contributed by atoms with Gasteiger partial charge in [-0.25, -0.2) is 0 Å². The van der Waals surface area contributed by atoms with Gasteiger partial charge in [0, 0.05) is 11.3 Å². The second-order valence-corrected chi connectivity index (χ2v) is 4.55. The number of ether oxygens (including phenoxy) is 1. The van der Waals surface area contributed by atoms with E-state index in [9.17, 15) is 4.79 Å². The van der Waals surface area contributed by atoms with Gasteiger partial charge in [0.25, 0.3) is 0 Å². The van der Waals surface area contributed by atoms with Crippen LogP contribution in [-0.4, -0.2) is 12.9 Å². The third-order valence-corrected chi connectivity index (χ3v) is 3.27. The van der Waals surface area contributed by atoms with E-state index in [1.54, 1.807) is 25.3 Å². The van der Waals surface area contributed by atoms with Crippen LogP contribution in [0.15, 0.2) is 36.4 Å². The van der Waals surface area contributed by atoms with Crippen LogP contribution in [0.1, 0.15) is 27.0 Å². The number of carbonyl (C=O) groups excluding carboxylic acids is 1. The van der Waals surface area contributed by atoms with E-state index < -0.39 is 0 Å². The third-order valence-electron chi connectivity index (χ3n) is 3.27. The Morgan fingerprint density at radius 2 is 1.68 bits per heavy atom. The Labute approximate surface area is 113 Å². The SMILES string of the molecule is COc1cc(C)c(C)cc1C(=O)c1ccccc1N. The van der Waals surface area contributed by atoms with Crippen LogP contribution in [0.2, 0.25) is 0 Å². The van der Waals surface area contributed by atoms with Gasteiger partial charge in [0.15, 0.2) is 5.78 Å². The first-order chi connectivity index (χ1) is 9.04. The van der Waals surface area contributed by atoms with Crippen molar-refractivity contribution in [2.75, 3.05) is 12.8 Å². The quantitative estimate of drug-likeness (QED) is 0.677. The second-order valence-electron chi connectivity index (χ2n) is 4.55. The fraction of sp³-hybridized carbons (Fsp3) is 0.188. The molecule has 2 aromatic rings. The van der Waals surface area contributed by atoms with E-state index in [1.807, 2.05) is 32.0 Å². The number of hydrogen-bond donors (Lipinski definition) is 1. The summed E-state index contributed by atoms with van der Waals surface area (Å²) in [5.41, 5.74) is 9.53. The van der Waals surface area contributed by atoms with E-state index in [1.165, 1.54) is 0 Å². The van der Waals surface area contributed by atoms with E-state index in [0.29, 0.717) is 22.6 Å². The normalized spacial score (nSPS) is 10.3. The Hall–Kier alpha value is -2.29. The van der Waals surface area contributed by atoms with Crippen molar-refractivity contribution in [3.05, 3.63) is 58.7 Å². The lowest BCUT2D eigenvalue weighted by Gasteiger charge is -2.12. The summed E-state index contributed by atoms with van der Waals surface area (Å²) in [7, 11) is 1.56. The number of ketones is 1. The highest BCUT2D eigenvalue weighted by Crippen LogP contribution is 2.27. The standard InChI is InChI=1S/C16H17NO2/c1-10-8-13(15(19-3)9-11(10)2)16(18)12-6-4-5-7-14(12)17/h4-9H,17H2,1-3H3. The van der Waals surface area contributed by atoms with Crippen LogP contribution in [0.3, 0.4) is 0 Å². The van der Waals surface area contributed by atoms with Gasteiger partial charge in [0.05, 0.1) is 12.7 Å². The molecule has 0 saturated carbocycles. The van der Waals surface area contributed by atoms with Crippen molar-refractivity contribution in [1.82, 2.24) is 0 Å². The third kappa shape index (κ3) is 2.45. The summed E-state index contributed by atoms with van der Waals surface area (Å²) in [5.74, 6) is 0.467. The van der Waals surface area contributed by atoms with Gasteiger partial charge in [0.2, 0.25) is 0 Å². The highest BCUT2D eigenvalue weighted by atomic mass is 16.5. The van der Waals surface area contributed by atoms with Crippen molar-refractivity contribution in [1.29, 1.82) is 0 Å². The molecule has 0 bridgehead atoms. The first-order valence-corrected chi connectivity index (χ1v) is 6.09. The number of hydrogen-bond acceptors (Lipinski definition) is 3. The maximum atomic E-state index is 12.6. The molecule has 0 atom stereocenters. The van der Waals surface area contributed by atoms with Crippen molar-refractivity contribution in [2.24, 2.45) is 0 Å². The van der Waals surface area contributed by atoms with E-state index in [2.05, 4.69) is 0 Å². The topological polar surface area (TPSA) is 52.3 Å². The smallest absolute Gasteiger partial charge is 0.198 e. The molecule has 0 aliphatic rings. The Bertz CT molecular complexity index is 633. The Morgan fingerprint density at radius 3 is 2.32 bits per heavy atom. The lowest BCUT2D eigenvalue weighted by molar-refractivity contribution is 0.103. The Morgan fingerprint density at radius 1 is 1.05 bits per heavy atom. The molecule has 0 aliphatic heterocycles. The van der Waals surface area contributed by atoms with Crippen molar-refractivity contribution in [3.8, 4) is 5.75 Å². The van der Waals surface area contributed by atoms with Gasteiger partial charge in [-0.3, -0.25) is 4.79 Å². The van der Waals surface area contributed by atoms with Crippen LogP contribution in [0.5, 0.6) is 5.75 Å². The van der Waals surface area contributed by atoms with Crippen LogP contribution in [0.4, 0.5) is 5.69 Å². The Balaban J connectivity index is 2.56. The number of nitrogens with two attached hydrogens (primary N) is 1. The van der Waals surface area contributed by atoms with Gasteiger partial charge >= 0.3 is 0 Å². The van der Waals surface area contributed by atoms with Crippen LogP contribution < -0.4 is 10.5 Å². The summed E-state index contributed by atoms with van der Waals surface area (Å²) in [6.45, 7) is 3.96. The molecule has 0 aromatic heterocycles. The summed E-state index contributed by atoms with van der Waals surface area (Å²) in [6, 6.07) is 10.8. The molecule has 0 unspecified atom stereocenters. The van der Waals surface area contributed by atoms with E-state index in [-0.39, 0.29) is 5.78 Å². The van der Waals surface area contributed by atoms with Crippen molar-refractivity contribution in [2.45, 2.75) is 13.8 Å². The molecule has 2 rings (SSSR count). The minimum Gasteiger partial charge on any atom is -0.496 e. The molecular formula is C16H17NO2. The maximum absolute atomic E-state index is 12.6. The van der Waals surface area contributed by atoms with Gasteiger partial charge in [-0.15, -0.1) is 0 Å². The molecule has 2 aromatic carbocycles. The lowest BCUT2D eigenvalue weighted by atomic mass is 9.97. The largest absolute Gasteiger partial charge is 0.496 e. The van der Waals surface area contributed by atoms with E-state index in [0.717, 1.165) is 11.1 Å². The van der Waals surface area contributed by atoms with Crippen LogP contribution in [0.25, 0.3) is 0 Å². The molecule has 98 valence electrons. The zero-order chi connectivity index (χ0) is 14.0. The van der Waals surface area contributed by atoms with Crippen LogP contribution in [-0.2, 0) is 0 Å². The molecule has 0 heterocycles. The summed E-state index contributed by atoms with van der Waals surface area (Å²) in [5, 5.41) is 0. The van der Waals surface area contributed by atoms with Gasteiger partial charge in [-0.05, 0) is 49.2 Å². The minimum absolute atomic E-state index is 0.113. The van der Waals surface area contributed by atoms with Gasteiger partial charge in [-0.2, -0.15) is 0 Å². The molecular weight excluding hydrogens is 238 g/mol. The molecule has 0 spiro atoms. The minimum atomic E-state index is -0.113. The average molecular weight is 255 g/mol. The lowest BCUT2D eigenvalue weighted by Crippen LogP contribution is -2.07. The first-order valence-electron chi connectivity index (χ1n) is 6.09. The molecule has 0 fully saturated rings. The van der Waals surface area contributed by atoms with Gasteiger partial charge < -0.3 is 10.5 Å². The number of para-hydroxylation sites is 1. The van der Waals surface area contributed by atoms with Crippen molar-refractivity contribution >= 4 is 11.5 Å². The molecule has 0 saturated heterocycles. The summed E-state index contributed by atoms with van der Waals surface area (Å²) < 4.78 is 5.30.